The van der Waals surface area contributed by atoms with Gasteiger partial charge in [-0.25, -0.2) is 0 Å². The maximum Gasteiger partial charge on any atom is 0.300 e. The molecule has 1 N–H and O–H groups in total. The second kappa shape index (κ2) is 9.41. The van der Waals surface area contributed by atoms with Crippen LogP contribution >= 0.6 is 0 Å². The van der Waals surface area contributed by atoms with E-state index in [0.717, 1.165) is 28.5 Å². The molecule has 1 heterocycles. The number of hydrogen-bond donors (Lipinski definition) is 1. The van der Waals surface area contributed by atoms with Gasteiger partial charge in [-0.1, -0.05) is 47.9 Å². The summed E-state index contributed by atoms with van der Waals surface area (Å²) in [4.78, 5) is 24.9. The number of carbonyl (C=O) groups is 1. The van der Waals surface area contributed by atoms with E-state index in [-0.39, 0.29) is 11.5 Å². The molecule has 4 aromatic rings. The molecule has 34 heavy (non-hydrogen) atoms. The molecule has 0 aliphatic heterocycles. The van der Waals surface area contributed by atoms with Gasteiger partial charge in [-0.15, -0.1) is 0 Å². The minimum absolute atomic E-state index is 0.0335. The van der Waals surface area contributed by atoms with Gasteiger partial charge in [0.15, 0.2) is 0 Å². The van der Waals surface area contributed by atoms with Crippen LogP contribution in [0.4, 0.5) is 5.69 Å². The zero-order valence-corrected chi connectivity index (χ0v) is 20.2. The van der Waals surface area contributed by atoms with E-state index in [4.69, 9.17) is 0 Å². The summed E-state index contributed by atoms with van der Waals surface area (Å²) < 4.78 is 1.62. The van der Waals surface area contributed by atoms with Gasteiger partial charge in [0.2, 0.25) is 0 Å². The topological polar surface area (TPSA) is 51.1 Å². The lowest BCUT2D eigenvalue weighted by atomic mass is 9.89. The largest absolute Gasteiger partial charge is 0.317 e. The Morgan fingerprint density at radius 1 is 0.941 bits per heavy atom. The number of benzene rings is 3. The number of amides is 1. The average Bonchev–Trinajstić information content (AvgIpc) is 2.79. The fraction of sp³-hybridized carbons (Fsp3) is 0.200. The summed E-state index contributed by atoms with van der Waals surface area (Å²) >= 11 is 0. The third kappa shape index (κ3) is 4.51. The molecule has 4 heteroatoms. The second-order valence-corrected chi connectivity index (χ2v) is 8.76. The van der Waals surface area contributed by atoms with E-state index in [0.29, 0.717) is 11.1 Å². The van der Waals surface area contributed by atoms with Crippen LogP contribution in [0.15, 0.2) is 65.6 Å². The van der Waals surface area contributed by atoms with Crippen molar-refractivity contribution in [2.45, 2.75) is 34.1 Å². The van der Waals surface area contributed by atoms with E-state index < -0.39 is 0 Å². The third-order valence-corrected chi connectivity index (χ3v) is 6.19. The molecule has 4 nitrogen and oxygen atoms in total. The lowest BCUT2D eigenvalue weighted by Crippen LogP contribution is -2.16. The van der Waals surface area contributed by atoms with Crippen molar-refractivity contribution in [2.75, 3.05) is 5.32 Å². The minimum Gasteiger partial charge on any atom is -0.317 e. The summed E-state index contributed by atoms with van der Waals surface area (Å²) in [7, 11) is 1.77. The van der Waals surface area contributed by atoms with Crippen LogP contribution in [-0.2, 0) is 18.3 Å². The normalized spacial score (nSPS) is 10.6. The van der Waals surface area contributed by atoms with E-state index in [2.05, 4.69) is 56.1 Å². The maximum absolute atomic E-state index is 12.8. The van der Waals surface area contributed by atoms with E-state index in [1.54, 1.807) is 18.5 Å². The predicted octanol–water partition coefficient (Wildman–Crippen LogP) is 5.68. The molecule has 0 aliphatic carbocycles. The molecular formula is C30H28N2O2. The fourth-order valence-electron chi connectivity index (χ4n) is 4.65. The van der Waals surface area contributed by atoms with Gasteiger partial charge in [0.05, 0.1) is 0 Å². The van der Waals surface area contributed by atoms with Gasteiger partial charge in [-0.05, 0) is 91.4 Å². The van der Waals surface area contributed by atoms with Gasteiger partial charge in [-0.2, -0.15) is 0 Å². The van der Waals surface area contributed by atoms with Crippen LogP contribution in [0.2, 0.25) is 0 Å². The number of rotatable bonds is 4. The number of fused-ring (bicyclic) bond motifs is 1. The molecule has 0 radical (unpaired) electrons. The summed E-state index contributed by atoms with van der Waals surface area (Å²) in [5, 5.41) is 4.43. The monoisotopic (exact) mass is 448 g/mol. The van der Waals surface area contributed by atoms with E-state index in [9.17, 15) is 9.59 Å². The van der Waals surface area contributed by atoms with Gasteiger partial charge < -0.3 is 9.88 Å². The summed E-state index contributed by atoms with van der Waals surface area (Å²) in [5.41, 5.74) is 8.73. The molecule has 0 bridgehead atoms. The summed E-state index contributed by atoms with van der Waals surface area (Å²) in [6.07, 6.45) is 2.63. The fourth-order valence-corrected chi connectivity index (χ4v) is 4.65. The van der Waals surface area contributed by atoms with Crippen LogP contribution in [0.3, 0.4) is 0 Å². The number of hydrogen-bond acceptors (Lipinski definition) is 2. The van der Waals surface area contributed by atoms with Crippen LogP contribution in [0.25, 0.3) is 21.9 Å². The number of aromatic nitrogens is 1. The van der Waals surface area contributed by atoms with Crippen LogP contribution in [0, 0.1) is 32.6 Å². The van der Waals surface area contributed by atoms with Crippen LogP contribution < -0.4 is 10.9 Å². The molecule has 4 rings (SSSR count). The molecule has 0 spiro atoms. The maximum atomic E-state index is 12.8. The smallest absolute Gasteiger partial charge is 0.300 e. The molecule has 0 aliphatic rings. The minimum atomic E-state index is -0.350. The van der Waals surface area contributed by atoms with Crippen molar-refractivity contribution in [1.29, 1.82) is 0 Å². The van der Waals surface area contributed by atoms with E-state index >= 15 is 0 Å². The highest BCUT2D eigenvalue weighted by molar-refractivity contribution is 6.04. The Morgan fingerprint density at radius 2 is 1.62 bits per heavy atom. The predicted molar refractivity (Wildman–Crippen MR) is 140 cm³/mol. The first-order valence-corrected chi connectivity index (χ1v) is 11.3. The van der Waals surface area contributed by atoms with Gasteiger partial charge in [0.25, 0.3) is 11.5 Å². The lowest BCUT2D eigenvalue weighted by Gasteiger charge is -2.18. The Morgan fingerprint density at radius 3 is 2.29 bits per heavy atom. The number of nitrogens with zero attached hydrogens (tertiary/aromatic N) is 1. The number of aryl methyl sites for hydroxylation is 4. The van der Waals surface area contributed by atoms with Gasteiger partial charge in [0.1, 0.15) is 0 Å². The molecule has 0 unspecified atom stereocenters. The zero-order chi connectivity index (χ0) is 24.4. The lowest BCUT2D eigenvalue weighted by molar-refractivity contribution is -0.111. The van der Waals surface area contributed by atoms with Crippen molar-refractivity contribution in [3.8, 4) is 23.0 Å². The highest BCUT2D eigenvalue weighted by Crippen LogP contribution is 2.34. The second-order valence-electron chi connectivity index (χ2n) is 8.76. The number of pyridine rings is 1. The molecular weight excluding hydrogens is 420 g/mol. The highest BCUT2D eigenvalue weighted by atomic mass is 16.1. The molecule has 0 saturated carbocycles. The first-order chi connectivity index (χ1) is 16.3. The zero-order valence-electron chi connectivity index (χ0n) is 20.2. The van der Waals surface area contributed by atoms with Crippen molar-refractivity contribution in [2.24, 2.45) is 7.05 Å². The third-order valence-electron chi connectivity index (χ3n) is 6.19. The summed E-state index contributed by atoms with van der Waals surface area (Å²) in [5.74, 6) is 4.81. The first kappa shape index (κ1) is 23.1. The Labute approximate surface area is 200 Å². The highest BCUT2D eigenvalue weighted by Gasteiger charge is 2.15. The Hall–Kier alpha value is -4.10. The molecule has 0 fully saturated rings. The van der Waals surface area contributed by atoms with Crippen molar-refractivity contribution in [3.63, 3.8) is 0 Å². The number of carbonyl (C=O) groups excluding carboxylic acids is 1. The summed E-state index contributed by atoms with van der Waals surface area (Å²) in [6.45, 7) is 8.04. The van der Waals surface area contributed by atoms with E-state index in [1.165, 1.54) is 22.3 Å². The molecule has 0 atom stereocenters. The SMILES string of the molecule is CC#CC(=O)Nc1ccc(Cc2c(C)cc(C)cc2C)c(-c2cn(C)c(=O)c3ccccc23)c1. The standard InChI is InChI=1S/C30H28N2O2/c1-6-9-29(33)31-23-13-12-22(16-26-20(3)14-19(2)15-21(26)4)27(17-23)28-18-32(5)30(34)25-11-8-7-10-24(25)28/h7-8,10-15,17-18H,16H2,1-5H3,(H,31,33). The van der Waals surface area contributed by atoms with Gasteiger partial charge in [0, 0.05) is 29.9 Å². The van der Waals surface area contributed by atoms with Crippen molar-refractivity contribution >= 4 is 22.4 Å². The van der Waals surface area contributed by atoms with E-state index in [1.807, 2.05) is 42.6 Å². The molecule has 3 aromatic carbocycles. The Kier molecular flexibility index (Phi) is 6.38. The average molecular weight is 449 g/mol. The van der Waals surface area contributed by atoms with Crippen molar-refractivity contribution < 1.29 is 4.79 Å². The molecule has 1 aromatic heterocycles. The van der Waals surface area contributed by atoms with Crippen LogP contribution in [0.1, 0.15) is 34.7 Å². The van der Waals surface area contributed by atoms with Gasteiger partial charge >= 0.3 is 0 Å². The molecule has 170 valence electrons. The quantitative estimate of drug-likeness (QED) is 0.408. The molecule has 0 saturated heterocycles. The van der Waals surface area contributed by atoms with Gasteiger partial charge in [-0.3, -0.25) is 9.59 Å². The number of nitrogens with one attached hydrogen (secondary N) is 1. The van der Waals surface area contributed by atoms with Crippen molar-refractivity contribution in [1.82, 2.24) is 4.57 Å². The summed E-state index contributed by atoms with van der Waals surface area (Å²) in [6, 6.07) is 18.0. The first-order valence-electron chi connectivity index (χ1n) is 11.3. The van der Waals surface area contributed by atoms with Crippen LogP contribution in [0.5, 0.6) is 0 Å². The number of anilines is 1. The Bertz CT molecular complexity index is 1530. The Balaban J connectivity index is 1.95. The molecule has 1 amide bonds. The van der Waals surface area contributed by atoms with Crippen molar-refractivity contribution in [3.05, 3.63) is 99.0 Å². The van der Waals surface area contributed by atoms with Crippen LogP contribution in [-0.4, -0.2) is 10.5 Å².